The molecule has 0 amide bonds. The van der Waals surface area contributed by atoms with Crippen molar-refractivity contribution in [2.24, 2.45) is 5.41 Å². The molecule has 1 aromatic rings. The monoisotopic (exact) mass is 293 g/mol. The van der Waals surface area contributed by atoms with Gasteiger partial charge in [-0.05, 0) is 32.9 Å². The van der Waals surface area contributed by atoms with Crippen molar-refractivity contribution in [3.05, 3.63) is 24.3 Å². The normalized spacial score (nSPS) is 10.9. The number of ketones is 1. The second-order valence-corrected chi connectivity index (χ2v) is 5.45. The standard InChI is InChI=1S/C16H23NO4/c1-6-20-15(19)16(2,3)14(18)11-21-13-9-7-8-12(10-13)17(4)5/h7-10H,6,11H2,1-5H3. The van der Waals surface area contributed by atoms with Gasteiger partial charge in [0.1, 0.15) is 17.8 Å². The number of carbonyl (C=O) groups excluding carboxylic acids is 2. The van der Waals surface area contributed by atoms with Crippen LogP contribution in [0.15, 0.2) is 24.3 Å². The quantitative estimate of drug-likeness (QED) is 0.570. The smallest absolute Gasteiger partial charge is 0.319 e. The minimum absolute atomic E-state index is 0.164. The number of hydrogen-bond donors (Lipinski definition) is 0. The third-order valence-corrected chi connectivity index (χ3v) is 3.19. The number of benzene rings is 1. The van der Waals surface area contributed by atoms with Crippen LogP contribution in [-0.2, 0) is 14.3 Å². The first-order chi connectivity index (χ1) is 9.78. The van der Waals surface area contributed by atoms with Gasteiger partial charge < -0.3 is 14.4 Å². The predicted octanol–water partition coefficient (Wildman–Crippen LogP) is 2.29. The molecule has 1 aromatic carbocycles. The zero-order valence-electron chi connectivity index (χ0n) is 13.3. The fourth-order valence-corrected chi connectivity index (χ4v) is 1.61. The number of anilines is 1. The molecule has 5 nitrogen and oxygen atoms in total. The van der Waals surface area contributed by atoms with E-state index in [9.17, 15) is 9.59 Å². The van der Waals surface area contributed by atoms with Crippen LogP contribution in [0.3, 0.4) is 0 Å². The molecule has 0 aliphatic heterocycles. The molecule has 0 aliphatic carbocycles. The van der Waals surface area contributed by atoms with E-state index in [1.807, 2.05) is 37.2 Å². The summed E-state index contributed by atoms with van der Waals surface area (Å²) in [5.74, 6) is -0.244. The number of rotatable bonds is 7. The number of carbonyl (C=O) groups is 2. The number of esters is 1. The molecular formula is C16H23NO4. The summed E-state index contributed by atoms with van der Waals surface area (Å²) >= 11 is 0. The van der Waals surface area contributed by atoms with Gasteiger partial charge in [-0.15, -0.1) is 0 Å². The van der Waals surface area contributed by atoms with Gasteiger partial charge in [0.05, 0.1) is 6.61 Å². The van der Waals surface area contributed by atoms with E-state index >= 15 is 0 Å². The molecule has 0 fully saturated rings. The number of Topliss-reactive ketones (excluding diaryl/α,β-unsaturated/α-hetero) is 1. The summed E-state index contributed by atoms with van der Waals surface area (Å²) in [6.45, 7) is 4.89. The number of hydrogen-bond acceptors (Lipinski definition) is 5. The van der Waals surface area contributed by atoms with E-state index in [0.29, 0.717) is 5.75 Å². The fraction of sp³-hybridized carbons (Fsp3) is 0.500. The van der Waals surface area contributed by atoms with Crippen molar-refractivity contribution in [2.75, 3.05) is 32.2 Å². The molecular weight excluding hydrogens is 270 g/mol. The summed E-state index contributed by atoms with van der Waals surface area (Å²) < 4.78 is 10.4. The Labute approximate surface area is 125 Å². The molecule has 0 aromatic heterocycles. The molecule has 5 heteroatoms. The van der Waals surface area contributed by atoms with Gasteiger partial charge in [0.25, 0.3) is 0 Å². The Balaban J connectivity index is 2.68. The molecule has 0 atom stereocenters. The van der Waals surface area contributed by atoms with Crippen molar-refractivity contribution < 1.29 is 19.1 Å². The van der Waals surface area contributed by atoms with Gasteiger partial charge in [-0.2, -0.15) is 0 Å². The molecule has 0 unspecified atom stereocenters. The molecule has 0 saturated carbocycles. The van der Waals surface area contributed by atoms with E-state index in [4.69, 9.17) is 9.47 Å². The van der Waals surface area contributed by atoms with Crippen molar-refractivity contribution in [1.29, 1.82) is 0 Å². The molecule has 0 aliphatic rings. The lowest BCUT2D eigenvalue weighted by atomic mass is 9.88. The topological polar surface area (TPSA) is 55.8 Å². The highest BCUT2D eigenvalue weighted by Crippen LogP contribution is 2.22. The predicted molar refractivity (Wildman–Crippen MR) is 81.7 cm³/mol. The molecule has 116 valence electrons. The van der Waals surface area contributed by atoms with Gasteiger partial charge >= 0.3 is 5.97 Å². The molecule has 0 N–H and O–H groups in total. The van der Waals surface area contributed by atoms with E-state index in [1.54, 1.807) is 26.8 Å². The Morgan fingerprint density at radius 1 is 1.24 bits per heavy atom. The van der Waals surface area contributed by atoms with Crippen molar-refractivity contribution >= 4 is 17.4 Å². The van der Waals surface area contributed by atoms with E-state index < -0.39 is 11.4 Å². The number of nitrogens with zero attached hydrogens (tertiary/aromatic N) is 1. The summed E-state index contributed by atoms with van der Waals surface area (Å²) in [6.07, 6.45) is 0. The Hall–Kier alpha value is -2.04. The van der Waals surface area contributed by atoms with Crippen LogP contribution in [0.1, 0.15) is 20.8 Å². The van der Waals surface area contributed by atoms with Crippen LogP contribution in [0.4, 0.5) is 5.69 Å². The van der Waals surface area contributed by atoms with Crippen molar-refractivity contribution in [1.82, 2.24) is 0 Å². The van der Waals surface area contributed by atoms with Crippen LogP contribution in [0.5, 0.6) is 5.75 Å². The van der Waals surface area contributed by atoms with Crippen LogP contribution >= 0.6 is 0 Å². The van der Waals surface area contributed by atoms with Crippen molar-refractivity contribution in [3.63, 3.8) is 0 Å². The maximum absolute atomic E-state index is 12.1. The van der Waals surface area contributed by atoms with Crippen LogP contribution in [-0.4, -0.2) is 39.1 Å². The van der Waals surface area contributed by atoms with Gasteiger partial charge in [-0.3, -0.25) is 9.59 Å². The largest absolute Gasteiger partial charge is 0.486 e. The zero-order valence-corrected chi connectivity index (χ0v) is 13.3. The van der Waals surface area contributed by atoms with E-state index in [0.717, 1.165) is 5.69 Å². The highest BCUT2D eigenvalue weighted by molar-refractivity contribution is 6.03. The van der Waals surface area contributed by atoms with Crippen molar-refractivity contribution in [2.45, 2.75) is 20.8 Å². The third kappa shape index (κ3) is 4.48. The van der Waals surface area contributed by atoms with Gasteiger partial charge in [0.15, 0.2) is 5.78 Å². The Kier molecular flexibility index (Phi) is 5.76. The third-order valence-electron chi connectivity index (χ3n) is 3.19. The summed E-state index contributed by atoms with van der Waals surface area (Å²) in [6, 6.07) is 7.41. The van der Waals surface area contributed by atoms with Crippen LogP contribution < -0.4 is 9.64 Å². The van der Waals surface area contributed by atoms with E-state index in [2.05, 4.69) is 0 Å². The summed E-state index contributed by atoms with van der Waals surface area (Å²) in [4.78, 5) is 25.8. The van der Waals surface area contributed by atoms with Gasteiger partial charge in [0, 0.05) is 25.8 Å². The molecule has 0 bridgehead atoms. The lowest BCUT2D eigenvalue weighted by molar-refractivity contribution is -0.158. The summed E-state index contributed by atoms with van der Waals surface area (Å²) in [5.41, 5.74) is -0.223. The zero-order chi connectivity index (χ0) is 16.0. The molecule has 0 spiro atoms. The average molecular weight is 293 g/mol. The Bertz CT molecular complexity index is 509. The lowest BCUT2D eigenvalue weighted by Gasteiger charge is -2.21. The number of ether oxygens (including phenoxy) is 2. The lowest BCUT2D eigenvalue weighted by Crippen LogP contribution is -2.38. The van der Waals surface area contributed by atoms with Gasteiger partial charge in [-0.25, -0.2) is 0 Å². The fourth-order valence-electron chi connectivity index (χ4n) is 1.61. The molecule has 0 radical (unpaired) electrons. The van der Waals surface area contributed by atoms with Gasteiger partial charge in [0.2, 0.25) is 0 Å². The maximum Gasteiger partial charge on any atom is 0.319 e. The first-order valence-electron chi connectivity index (χ1n) is 6.89. The van der Waals surface area contributed by atoms with Gasteiger partial charge in [-0.1, -0.05) is 6.07 Å². The summed E-state index contributed by atoms with van der Waals surface area (Å²) in [7, 11) is 3.85. The van der Waals surface area contributed by atoms with E-state index in [-0.39, 0.29) is 19.0 Å². The van der Waals surface area contributed by atoms with E-state index in [1.165, 1.54) is 0 Å². The first kappa shape index (κ1) is 17.0. The molecule has 0 saturated heterocycles. The van der Waals surface area contributed by atoms with Crippen LogP contribution in [0.2, 0.25) is 0 Å². The maximum atomic E-state index is 12.1. The first-order valence-corrected chi connectivity index (χ1v) is 6.89. The summed E-state index contributed by atoms with van der Waals surface area (Å²) in [5, 5.41) is 0. The van der Waals surface area contributed by atoms with Crippen molar-refractivity contribution in [3.8, 4) is 5.75 Å². The van der Waals surface area contributed by atoms with Crippen LogP contribution in [0, 0.1) is 5.41 Å². The molecule has 21 heavy (non-hydrogen) atoms. The Morgan fingerprint density at radius 2 is 1.90 bits per heavy atom. The second-order valence-electron chi connectivity index (χ2n) is 5.45. The minimum Gasteiger partial charge on any atom is -0.486 e. The minimum atomic E-state index is -1.20. The highest BCUT2D eigenvalue weighted by Gasteiger charge is 2.37. The average Bonchev–Trinajstić information content (AvgIpc) is 2.45. The molecule has 0 heterocycles. The molecule has 1 rings (SSSR count). The highest BCUT2D eigenvalue weighted by atomic mass is 16.5. The Morgan fingerprint density at radius 3 is 2.48 bits per heavy atom. The second kappa shape index (κ2) is 7.11. The van der Waals surface area contributed by atoms with Crippen LogP contribution in [0.25, 0.3) is 0 Å². The SMILES string of the molecule is CCOC(=O)C(C)(C)C(=O)COc1cccc(N(C)C)c1.